The molecule has 0 fully saturated rings. The Kier molecular flexibility index (Phi) is 4.60. The van der Waals surface area contributed by atoms with Crippen molar-refractivity contribution in [3.8, 4) is 0 Å². The molecule has 1 aromatic carbocycles. The molecule has 2 aromatic rings. The summed E-state index contributed by atoms with van der Waals surface area (Å²) in [5, 5.41) is 8.87. The van der Waals surface area contributed by atoms with E-state index in [1.165, 1.54) is 28.7 Å². The van der Waals surface area contributed by atoms with Crippen molar-refractivity contribution < 1.29 is 4.79 Å². The van der Waals surface area contributed by atoms with Crippen molar-refractivity contribution in [2.24, 2.45) is 0 Å². The minimum atomic E-state index is 0.112. The summed E-state index contributed by atoms with van der Waals surface area (Å²) in [5.74, 6) is 0.534. The lowest BCUT2D eigenvalue weighted by Gasteiger charge is -2.18. The van der Waals surface area contributed by atoms with E-state index < -0.39 is 0 Å². The first-order valence-corrected chi connectivity index (χ1v) is 8.23. The second-order valence-corrected chi connectivity index (χ2v) is 8.03. The third kappa shape index (κ3) is 3.90. The Morgan fingerprint density at radius 1 is 1.20 bits per heavy atom. The smallest absolute Gasteiger partial charge is 0.174 e. The molecule has 5 heteroatoms. The number of carbonyl (C=O) groups excluding carboxylic acids is 1. The maximum absolute atomic E-state index is 12.1. The van der Waals surface area contributed by atoms with Crippen molar-refractivity contribution in [1.29, 1.82) is 0 Å². The minimum Gasteiger partial charge on any atom is -0.293 e. The highest BCUT2D eigenvalue weighted by atomic mass is 32.2. The molecular weight excluding hydrogens is 288 g/mol. The first kappa shape index (κ1) is 15.2. The van der Waals surface area contributed by atoms with E-state index in [0.717, 1.165) is 14.9 Å². The SMILES string of the molecule is Cc1nnc(SCC(=O)c2ccc(C(C)(C)C)cc2)s1. The third-order valence-corrected chi connectivity index (χ3v) is 4.88. The highest BCUT2D eigenvalue weighted by Crippen LogP contribution is 2.24. The van der Waals surface area contributed by atoms with Crippen LogP contribution in [0.2, 0.25) is 0 Å². The van der Waals surface area contributed by atoms with Crippen LogP contribution in [0, 0.1) is 6.92 Å². The number of benzene rings is 1. The molecule has 1 aromatic heterocycles. The Hall–Kier alpha value is -1.20. The van der Waals surface area contributed by atoms with Gasteiger partial charge in [-0.2, -0.15) is 0 Å². The van der Waals surface area contributed by atoms with Gasteiger partial charge in [-0.1, -0.05) is 68.1 Å². The fourth-order valence-corrected chi connectivity index (χ4v) is 3.41. The van der Waals surface area contributed by atoms with E-state index in [1.807, 2.05) is 31.2 Å². The molecule has 0 aliphatic heterocycles. The van der Waals surface area contributed by atoms with Gasteiger partial charge < -0.3 is 0 Å². The van der Waals surface area contributed by atoms with E-state index >= 15 is 0 Å². The van der Waals surface area contributed by atoms with Crippen molar-refractivity contribution >= 4 is 28.9 Å². The van der Waals surface area contributed by atoms with E-state index in [-0.39, 0.29) is 11.2 Å². The molecule has 0 atom stereocenters. The van der Waals surface area contributed by atoms with Gasteiger partial charge >= 0.3 is 0 Å². The molecular formula is C15H18N2OS2. The monoisotopic (exact) mass is 306 g/mol. The number of hydrogen-bond acceptors (Lipinski definition) is 5. The summed E-state index contributed by atoms with van der Waals surface area (Å²) in [6, 6.07) is 7.89. The molecule has 0 saturated carbocycles. The molecule has 1 heterocycles. The Morgan fingerprint density at radius 3 is 2.35 bits per heavy atom. The fraction of sp³-hybridized carbons (Fsp3) is 0.400. The summed E-state index contributed by atoms with van der Waals surface area (Å²) in [4.78, 5) is 12.1. The lowest BCUT2D eigenvalue weighted by atomic mass is 9.86. The summed E-state index contributed by atoms with van der Waals surface area (Å²) in [5.41, 5.74) is 2.11. The molecule has 0 aliphatic rings. The number of nitrogens with zero attached hydrogens (tertiary/aromatic N) is 2. The van der Waals surface area contributed by atoms with Crippen molar-refractivity contribution in [2.75, 3.05) is 5.75 Å². The van der Waals surface area contributed by atoms with Crippen LogP contribution in [0.3, 0.4) is 0 Å². The Morgan fingerprint density at radius 2 is 1.85 bits per heavy atom. The van der Waals surface area contributed by atoms with Crippen molar-refractivity contribution in [3.05, 3.63) is 40.4 Å². The summed E-state index contributed by atoms with van der Waals surface area (Å²) in [6.45, 7) is 8.40. The standard InChI is InChI=1S/C15H18N2OS2/c1-10-16-17-14(20-10)19-9-13(18)11-5-7-12(8-6-11)15(2,3)4/h5-8H,9H2,1-4H3. The number of ketones is 1. The van der Waals surface area contributed by atoms with Gasteiger partial charge in [0, 0.05) is 5.56 Å². The summed E-state index contributed by atoms with van der Waals surface area (Å²) < 4.78 is 0.849. The quantitative estimate of drug-likeness (QED) is 0.629. The van der Waals surface area contributed by atoms with Crippen molar-refractivity contribution in [2.45, 2.75) is 37.4 Å². The van der Waals surface area contributed by atoms with Crippen LogP contribution in [0.5, 0.6) is 0 Å². The topological polar surface area (TPSA) is 42.9 Å². The average molecular weight is 306 g/mol. The molecule has 0 bridgehead atoms. The first-order chi connectivity index (χ1) is 9.36. The fourth-order valence-electron chi connectivity index (χ4n) is 1.70. The molecule has 0 spiro atoms. The van der Waals surface area contributed by atoms with Crippen LogP contribution in [0.15, 0.2) is 28.6 Å². The number of rotatable bonds is 4. The number of carbonyl (C=O) groups is 1. The molecule has 3 nitrogen and oxygen atoms in total. The summed E-state index contributed by atoms with van der Waals surface area (Å²) in [7, 11) is 0. The van der Waals surface area contributed by atoms with E-state index in [4.69, 9.17) is 0 Å². The van der Waals surface area contributed by atoms with Crippen LogP contribution < -0.4 is 0 Å². The van der Waals surface area contributed by atoms with Crippen LogP contribution in [-0.4, -0.2) is 21.7 Å². The second kappa shape index (κ2) is 6.06. The Labute approximate surface area is 127 Å². The van der Waals surface area contributed by atoms with Crippen molar-refractivity contribution in [1.82, 2.24) is 10.2 Å². The summed E-state index contributed by atoms with van der Waals surface area (Å²) >= 11 is 2.97. The summed E-state index contributed by atoms with van der Waals surface area (Å²) in [6.07, 6.45) is 0. The number of Topliss-reactive ketones (excluding diaryl/α,β-unsaturated/α-hetero) is 1. The molecule has 20 heavy (non-hydrogen) atoms. The van der Waals surface area contributed by atoms with E-state index in [1.54, 1.807) is 0 Å². The third-order valence-electron chi connectivity index (χ3n) is 2.91. The van der Waals surface area contributed by atoms with Gasteiger partial charge in [-0.15, -0.1) is 10.2 Å². The molecule has 0 saturated heterocycles. The largest absolute Gasteiger partial charge is 0.293 e. The van der Waals surface area contributed by atoms with Gasteiger partial charge in [-0.05, 0) is 17.9 Å². The van der Waals surface area contributed by atoms with E-state index in [2.05, 4.69) is 31.0 Å². The lowest BCUT2D eigenvalue weighted by Crippen LogP contribution is -2.11. The second-order valence-electron chi connectivity index (χ2n) is 5.63. The predicted molar refractivity (Wildman–Crippen MR) is 84.8 cm³/mol. The number of hydrogen-bond donors (Lipinski definition) is 0. The zero-order chi connectivity index (χ0) is 14.8. The van der Waals surface area contributed by atoms with Crippen LogP contribution in [-0.2, 0) is 5.41 Å². The van der Waals surface area contributed by atoms with Gasteiger partial charge in [-0.3, -0.25) is 4.79 Å². The highest BCUT2D eigenvalue weighted by molar-refractivity contribution is 8.01. The van der Waals surface area contributed by atoms with Gasteiger partial charge in [-0.25, -0.2) is 0 Å². The van der Waals surface area contributed by atoms with Crippen LogP contribution in [0.4, 0.5) is 0 Å². The zero-order valence-corrected chi connectivity index (χ0v) is 13.8. The van der Waals surface area contributed by atoms with Crippen molar-refractivity contribution in [3.63, 3.8) is 0 Å². The van der Waals surface area contributed by atoms with E-state index in [0.29, 0.717) is 5.75 Å². The predicted octanol–water partition coefficient (Wildman–Crippen LogP) is 4.12. The minimum absolute atomic E-state index is 0.112. The van der Waals surface area contributed by atoms with Gasteiger partial charge in [0.2, 0.25) is 0 Å². The number of aryl methyl sites for hydroxylation is 1. The highest BCUT2D eigenvalue weighted by Gasteiger charge is 2.14. The number of aromatic nitrogens is 2. The van der Waals surface area contributed by atoms with E-state index in [9.17, 15) is 4.79 Å². The molecule has 0 N–H and O–H groups in total. The maximum atomic E-state index is 12.1. The molecule has 0 unspecified atom stereocenters. The van der Waals surface area contributed by atoms with Crippen LogP contribution in [0.25, 0.3) is 0 Å². The molecule has 0 amide bonds. The average Bonchev–Trinajstić information content (AvgIpc) is 2.81. The van der Waals surface area contributed by atoms with Gasteiger partial charge in [0.1, 0.15) is 5.01 Å². The zero-order valence-electron chi connectivity index (χ0n) is 12.1. The van der Waals surface area contributed by atoms with Crippen LogP contribution >= 0.6 is 23.1 Å². The van der Waals surface area contributed by atoms with Crippen LogP contribution in [0.1, 0.15) is 41.7 Å². The first-order valence-electron chi connectivity index (χ1n) is 6.43. The molecule has 2 rings (SSSR count). The Bertz CT molecular complexity index is 597. The molecule has 0 aliphatic carbocycles. The normalized spacial score (nSPS) is 11.6. The maximum Gasteiger partial charge on any atom is 0.174 e. The molecule has 106 valence electrons. The Balaban J connectivity index is 1.99. The number of thioether (sulfide) groups is 1. The lowest BCUT2D eigenvalue weighted by molar-refractivity contribution is 0.102. The van der Waals surface area contributed by atoms with Gasteiger partial charge in [0.05, 0.1) is 5.75 Å². The van der Waals surface area contributed by atoms with Gasteiger partial charge in [0.25, 0.3) is 0 Å². The molecule has 0 radical (unpaired) electrons. The van der Waals surface area contributed by atoms with Gasteiger partial charge in [0.15, 0.2) is 10.1 Å².